The van der Waals surface area contributed by atoms with Crippen LogP contribution in [0.3, 0.4) is 0 Å². The first kappa shape index (κ1) is 22.2. The lowest BCUT2D eigenvalue weighted by atomic mass is 10.1. The Kier molecular flexibility index (Phi) is 7.18. The van der Waals surface area contributed by atoms with E-state index in [-0.39, 0.29) is 49.1 Å². The van der Waals surface area contributed by atoms with E-state index in [0.717, 1.165) is 17.5 Å². The monoisotopic (exact) mass is 421 g/mol. The van der Waals surface area contributed by atoms with Crippen molar-refractivity contribution in [2.45, 2.75) is 52.2 Å². The predicted molar refractivity (Wildman–Crippen MR) is 116 cm³/mol. The van der Waals surface area contributed by atoms with Crippen LogP contribution in [-0.4, -0.2) is 34.6 Å². The average Bonchev–Trinajstić information content (AvgIpc) is 3.10. The molecular weight excluding hydrogens is 394 g/mol. The van der Waals surface area contributed by atoms with E-state index in [2.05, 4.69) is 10.6 Å². The molecule has 0 bridgehead atoms. The van der Waals surface area contributed by atoms with Crippen molar-refractivity contribution in [1.82, 2.24) is 15.5 Å². The van der Waals surface area contributed by atoms with Crippen LogP contribution < -0.4 is 10.6 Å². The summed E-state index contributed by atoms with van der Waals surface area (Å²) in [7, 11) is 0. The highest BCUT2D eigenvalue weighted by atomic mass is 16.2. The number of imide groups is 1. The summed E-state index contributed by atoms with van der Waals surface area (Å²) in [4.78, 5) is 49.5. The highest BCUT2D eigenvalue weighted by molar-refractivity contribution is 6.01. The molecule has 3 rings (SSSR count). The summed E-state index contributed by atoms with van der Waals surface area (Å²) in [5.41, 5.74) is 2.66. The van der Waals surface area contributed by atoms with Crippen molar-refractivity contribution in [3.05, 3.63) is 70.8 Å². The molecule has 7 heteroatoms. The first-order valence-electron chi connectivity index (χ1n) is 10.5. The number of likely N-dealkylation sites (tertiary alicyclic amines) is 1. The van der Waals surface area contributed by atoms with Crippen LogP contribution in [0.1, 0.15) is 65.0 Å². The second-order valence-corrected chi connectivity index (χ2v) is 7.74. The maximum atomic E-state index is 12.5. The van der Waals surface area contributed by atoms with E-state index in [0.29, 0.717) is 17.7 Å². The van der Waals surface area contributed by atoms with Crippen LogP contribution in [0.4, 0.5) is 0 Å². The number of hydrogen-bond donors (Lipinski definition) is 2. The average molecular weight is 421 g/mol. The minimum Gasteiger partial charge on any atom is -0.350 e. The van der Waals surface area contributed by atoms with Gasteiger partial charge in [-0.2, -0.15) is 0 Å². The molecule has 162 valence electrons. The number of amides is 4. The fraction of sp³-hybridized carbons (Fsp3) is 0.333. The molecule has 0 radical (unpaired) electrons. The Morgan fingerprint density at radius 3 is 2.26 bits per heavy atom. The molecule has 1 fully saturated rings. The largest absolute Gasteiger partial charge is 0.350 e. The van der Waals surface area contributed by atoms with E-state index < -0.39 is 0 Å². The number of carbonyl (C=O) groups is 4. The normalized spacial score (nSPS) is 14.5. The highest BCUT2D eigenvalue weighted by Gasteiger charge is 2.28. The SMILES string of the molecule is CCC(C)NC(=O)c1cccc(CNC(=O)c2ccc(CN3C(=O)CCC3=O)cc2)c1. The second-order valence-electron chi connectivity index (χ2n) is 7.74. The zero-order valence-electron chi connectivity index (χ0n) is 17.8. The molecule has 2 N–H and O–H groups in total. The van der Waals surface area contributed by atoms with Crippen molar-refractivity contribution in [2.75, 3.05) is 0 Å². The summed E-state index contributed by atoms with van der Waals surface area (Å²) in [6.45, 7) is 4.48. The number of benzene rings is 2. The van der Waals surface area contributed by atoms with Crippen LogP contribution >= 0.6 is 0 Å². The van der Waals surface area contributed by atoms with Gasteiger partial charge in [0.15, 0.2) is 0 Å². The van der Waals surface area contributed by atoms with Crippen molar-refractivity contribution in [3.63, 3.8) is 0 Å². The Balaban J connectivity index is 1.56. The second kappa shape index (κ2) is 10.0. The molecule has 1 aliphatic rings. The maximum Gasteiger partial charge on any atom is 0.251 e. The minimum absolute atomic E-state index is 0.0977. The van der Waals surface area contributed by atoms with Crippen molar-refractivity contribution >= 4 is 23.6 Å². The zero-order valence-corrected chi connectivity index (χ0v) is 17.8. The van der Waals surface area contributed by atoms with Gasteiger partial charge in [0.05, 0.1) is 6.54 Å². The standard InChI is InChI=1S/C24H27N3O4/c1-3-16(2)26-24(31)20-6-4-5-18(13-20)14-25-23(30)19-9-7-17(8-10-19)15-27-21(28)11-12-22(27)29/h4-10,13,16H,3,11-12,14-15H2,1-2H3,(H,25,30)(H,26,31). The number of rotatable bonds is 8. The quantitative estimate of drug-likeness (QED) is 0.641. The van der Waals surface area contributed by atoms with Crippen LogP contribution in [0.5, 0.6) is 0 Å². The molecule has 0 saturated carbocycles. The Bertz CT molecular complexity index is 969. The fourth-order valence-corrected chi connectivity index (χ4v) is 3.26. The molecule has 1 aliphatic heterocycles. The van der Waals surface area contributed by atoms with Gasteiger partial charge in [-0.1, -0.05) is 31.2 Å². The Morgan fingerprint density at radius 1 is 0.935 bits per heavy atom. The smallest absolute Gasteiger partial charge is 0.251 e. The third-order valence-corrected chi connectivity index (χ3v) is 5.34. The molecule has 1 heterocycles. The van der Waals surface area contributed by atoms with E-state index in [9.17, 15) is 19.2 Å². The van der Waals surface area contributed by atoms with Gasteiger partial charge in [-0.05, 0) is 48.7 Å². The fourth-order valence-electron chi connectivity index (χ4n) is 3.26. The van der Waals surface area contributed by atoms with Crippen LogP contribution in [0, 0.1) is 0 Å². The van der Waals surface area contributed by atoms with Crippen LogP contribution in [0.25, 0.3) is 0 Å². The van der Waals surface area contributed by atoms with E-state index in [1.807, 2.05) is 19.9 Å². The van der Waals surface area contributed by atoms with E-state index in [4.69, 9.17) is 0 Å². The summed E-state index contributed by atoms with van der Waals surface area (Å²) in [5, 5.41) is 5.78. The first-order chi connectivity index (χ1) is 14.9. The van der Waals surface area contributed by atoms with Crippen molar-refractivity contribution in [2.24, 2.45) is 0 Å². The van der Waals surface area contributed by atoms with Gasteiger partial charge in [-0.25, -0.2) is 0 Å². The van der Waals surface area contributed by atoms with Crippen LogP contribution in [0.15, 0.2) is 48.5 Å². The topological polar surface area (TPSA) is 95.6 Å². The van der Waals surface area contributed by atoms with Gasteiger partial charge >= 0.3 is 0 Å². The molecule has 0 spiro atoms. The van der Waals surface area contributed by atoms with E-state index in [1.54, 1.807) is 42.5 Å². The van der Waals surface area contributed by atoms with Gasteiger partial charge in [0.2, 0.25) is 11.8 Å². The summed E-state index contributed by atoms with van der Waals surface area (Å²) in [6.07, 6.45) is 1.38. The number of nitrogens with one attached hydrogen (secondary N) is 2. The van der Waals surface area contributed by atoms with E-state index >= 15 is 0 Å². The van der Waals surface area contributed by atoms with Gasteiger partial charge < -0.3 is 10.6 Å². The van der Waals surface area contributed by atoms with E-state index in [1.165, 1.54) is 4.90 Å². The zero-order chi connectivity index (χ0) is 22.4. The Labute approximate surface area is 181 Å². The van der Waals surface area contributed by atoms with Crippen molar-refractivity contribution in [3.8, 4) is 0 Å². The summed E-state index contributed by atoms with van der Waals surface area (Å²) in [6, 6.07) is 14.1. The summed E-state index contributed by atoms with van der Waals surface area (Å²) < 4.78 is 0. The molecule has 0 aliphatic carbocycles. The molecular formula is C24H27N3O4. The van der Waals surface area contributed by atoms with Gasteiger partial charge in [0, 0.05) is 36.6 Å². The lowest BCUT2D eigenvalue weighted by Gasteiger charge is -2.14. The van der Waals surface area contributed by atoms with Crippen molar-refractivity contribution < 1.29 is 19.2 Å². The molecule has 4 amide bonds. The molecule has 31 heavy (non-hydrogen) atoms. The maximum absolute atomic E-state index is 12.5. The first-order valence-corrected chi connectivity index (χ1v) is 10.5. The summed E-state index contributed by atoms with van der Waals surface area (Å²) in [5.74, 6) is -0.693. The Morgan fingerprint density at radius 2 is 1.61 bits per heavy atom. The molecule has 2 aromatic rings. The lowest BCUT2D eigenvalue weighted by molar-refractivity contribution is -0.139. The van der Waals surface area contributed by atoms with Crippen LogP contribution in [0.2, 0.25) is 0 Å². The van der Waals surface area contributed by atoms with Crippen molar-refractivity contribution in [1.29, 1.82) is 0 Å². The lowest BCUT2D eigenvalue weighted by Crippen LogP contribution is -2.32. The Hall–Kier alpha value is -3.48. The number of nitrogens with zero attached hydrogens (tertiary/aromatic N) is 1. The van der Waals surface area contributed by atoms with Gasteiger partial charge in [0.1, 0.15) is 0 Å². The molecule has 1 atom stereocenters. The van der Waals surface area contributed by atoms with Gasteiger partial charge in [-0.3, -0.25) is 24.1 Å². The third kappa shape index (κ3) is 5.78. The summed E-state index contributed by atoms with van der Waals surface area (Å²) >= 11 is 0. The van der Waals surface area contributed by atoms with Crippen LogP contribution in [-0.2, 0) is 22.7 Å². The highest BCUT2D eigenvalue weighted by Crippen LogP contribution is 2.16. The molecule has 1 saturated heterocycles. The molecule has 2 aromatic carbocycles. The molecule has 0 aromatic heterocycles. The molecule has 7 nitrogen and oxygen atoms in total. The number of hydrogen-bond acceptors (Lipinski definition) is 4. The molecule has 1 unspecified atom stereocenters. The van der Waals surface area contributed by atoms with Gasteiger partial charge in [-0.15, -0.1) is 0 Å². The predicted octanol–water partition coefficient (Wildman–Crippen LogP) is 2.79. The minimum atomic E-state index is -0.241. The third-order valence-electron chi connectivity index (χ3n) is 5.34. The number of carbonyl (C=O) groups excluding carboxylic acids is 4. The van der Waals surface area contributed by atoms with Gasteiger partial charge in [0.25, 0.3) is 11.8 Å².